The van der Waals surface area contributed by atoms with Crippen LogP contribution in [0.5, 0.6) is 0 Å². The molecule has 2 aliphatic rings. The molecule has 4 nitrogen and oxygen atoms in total. The molecule has 2 fully saturated rings. The smallest absolute Gasteiger partial charge is 0.288 e. The summed E-state index contributed by atoms with van der Waals surface area (Å²) in [7, 11) is 0. The number of hydrazine groups is 1. The summed E-state index contributed by atoms with van der Waals surface area (Å²) < 4.78 is 63.6. The molecule has 20 heavy (non-hydrogen) atoms. The molecular formula is C11H13F5N2O2. The van der Waals surface area contributed by atoms with E-state index in [2.05, 4.69) is 0 Å². The van der Waals surface area contributed by atoms with Crippen LogP contribution >= 0.6 is 0 Å². The highest BCUT2D eigenvalue weighted by Gasteiger charge is 2.51. The van der Waals surface area contributed by atoms with Gasteiger partial charge >= 0.3 is 12.1 Å². The van der Waals surface area contributed by atoms with Gasteiger partial charge in [0.05, 0.1) is 0 Å². The number of ketones is 1. The molecule has 2 saturated heterocycles. The van der Waals surface area contributed by atoms with Crippen molar-refractivity contribution in [2.45, 2.75) is 31.4 Å². The van der Waals surface area contributed by atoms with E-state index in [0.29, 0.717) is 0 Å². The number of hydrogen-bond acceptors (Lipinski definition) is 3. The van der Waals surface area contributed by atoms with Crippen molar-refractivity contribution < 1.29 is 31.5 Å². The number of alkyl halides is 5. The monoisotopic (exact) mass is 300 g/mol. The molecule has 0 radical (unpaired) electrons. The largest absolute Gasteiger partial charge is 0.399 e. The fraction of sp³-hybridized carbons (Fsp3) is 0.818. The number of hydrogen-bond donors (Lipinski definition) is 0. The van der Waals surface area contributed by atoms with E-state index in [1.54, 1.807) is 0 Å². The number of nitrogens with zero attached hydrogens (tertiary/aromatic N) is 2. The molecule has 0 spiro atoms. The molecule has 1 amide bonds. The van der Waals surface area contributed by atoms with Gasteiger partial charge in [0, 0.05) is 32.5 Å². The number of carbonyl (C=O) groups excluding carboxylic acids is 2. The highest BCUT2D eigenvalue weighted by atomic mass is 19.4. The van der Waals surface area contributed by atoms with Crippen molar-refractivity contribution in [3.63, 3.8) is 0 Å². The summed E-state index contributed by atoms with van der Waals surface area (Å²) in [4.78, 5) is 23.2. The van der Waals surface area contributed by atoms with E-state index in [1.165, 1.54) is 5.01 Å². The molecule has 0 aliphatic carbocycles. The summed E-state index contributed by atoms with van der Waals surface area (Å²) in [6, 6.07) is 0. The van der Waals surface area contributed by atoms with Gasteiger partial charge in [-0.1, -0.05) is 0 Å². The topological polar surface area (TPSA) is 40.6 Å². The normalized spacial score (nSPS) is 28.9. The maximum atomic E-state index is 13.0. The number of carbonyl (C=O) groups is 2. The molecule has 2 rings (SSSR count). The van der Waals surface area contributed by atoms with Crippen LogP contribution in [0.1, 0.15) is 19.3 Å². The standard InChI is InChI=1S/C11H13F5N2O2/c12-10(13)2-5-17(6-3-10)18-4-1-7(11(14,15)16)8(19)9(18)20/h7H,1-6H2. The average Bonchev–Trinajstić information content (AvgIpc) is 2.31. The third kappa shape index (κ3) is 2.92. The summed E-state index contributed by atoms with van der Waals surface area (Å²) in [5, 5.41) is 2.12. The Bertz CT molecular complexity index is 414. The molecule has 0 aromatic carbocycles. The fourth-order valence-corrected chi connectivity index (χ4v) is 2.41. The van der Waals surface area contributed by atoms with Crippen molar-refractivity contribution in [1.82, 2.24) is 10.0 Å². The molecule has 9 heteroatoms. The van der Waals surface area contributed by atoms with Crippen molar-refractivity contribution >= 4 is 11.7 Å². The lowest BCUT2D eigenvalue weighted by molar-refractivity contribution is -0.202. The van der Waals surface area contributed by atoms with Gasteiger partial charge in [-0.3, -0.25) is 14.6 Å². The molecule has 1 atom stereocenters. The van der Waals surface area contributed by atoms with Crippen LogP contribution in [-0.4, -0.2) is 53.4 Å². The predicted octanol–water partition coefficient (Wildman–Crippen LogP) is 1.61. The molecule has 2 heterocycles. The molecule has 2 aliphatic heterocycles. The van der Waals surface area contributed by atoms with E-state index >= 15 is 0 Å². The molecule has 0 bridgehead atoms. The maximum absolute atomic E-state index is 13.0. The van der Waals surface area contributed by atoms with Crippen LogP contribution in [0.25, 0.3) is 0 Å². The lowest BCUT2D eigenvalue weighted by Crippen LogP contribution is -2.59. The van der Waals surface area contributed by atoms with E-state index < -0.39 is 49.0 Å². The van der Waals surface area contributed by atoms with Gasteiger partial charge in [0.1, 0.15) is 5.92 Å². The number of rotatable bonds is 1. The lowest BCUT2D eigenvalue weighted by Gasteiger charge is -2.42. The van der Waals surface area contributed by atoms with Gasteiger partial charge in [0.2, 0.25) is 5.78 Å². The van der Waals surface area contributed by atoms with Crippen LogP contribution in [0, 0.1) is 5.92 Å². The Morgan fingerprint density at radius 2 is 1.60 bits per heavy atom. The minimum atomic E-state index is -4.74. The molecule has 0 aromatic heterocycles. The molecule has 114 valence electrons. The molecule has 0 N–H and O–H groups in total. The molecule has 0 aromatic rings. The van der Waals surface area contributed by atoms with Gasteiger partial charge in [0.25, 0.3) is 5.92 Å². The zero-order valence-electron chi connectivity index (χ0n) is 10.4. The van der Waals surface area contributed by atoms with E-state index in [0.717, 1.165) is 5.01 Å². The zero-order chi connectivity index (χ0) is 15.1. The first-order valence-corrected chi connectivity index (χ1v) is 6.17. The maximum Gasteiger partial charge on any atom is 0.399 e. The van der Waals surface area contributed by atoms with Crippen molar-refractivity contribution in [2.24, 2.45) is 5.92 Å². The van der Waals surface area contributed by atoms with E-state index in [4.69, 9.17) is 0 Å². The van der Waals surface area contributed by atoms with Crippen LogP contribution in [-0.2, 0) is 9.59 Å². The van der Waals surface area contributed by atoms with Crippen molar-refractivity contribution in [3.05, 3.63) is 0 Å². The van der Waals surface area contributed by atoms with Gasteiger partial charge in [-0.25, -0.2) is 13.8 Å². The van der Waals surface area contributed by atoms with Gasteiger partial charge in [-0.05, 0) is 6.42 Å². The Balaban J connectivity index is 2.03. The van der Waals surface area contributed by atoms with Crippen LogP contribution in [0.2, 0.25) is 0 Å². The quantitative estimate of drug-likeness (QED) is 0.546. The van der Waals surface area contributed by atoms with Crippen molar-refractivity contribution in [1.29, 1.82) is 0 Å². The second kappa shape index (κ2) is 4.94. The van der Waals surface area contributed by atoms with Gasteiger partial charge in [-0.15, -0.1) is 0 Å². The van der Waals surface area contributed by atoms with E-state index in [-0.39, 0.29) is 19.6 Å². The Hall–Kier alpha value is -1.25. The Kier molecular flexibility index (Phi) is 3.74. The summed E-state index contributed by atoms with van der Waals surface area (Å²) in [5.41, 5.74) is 0. The first-order chi connectivity index (χ1) is 9.12. The average molecular weight is 300 g/mol. The second-order valence-electron chi connectivity index (χ2n) is 4.99. The third-order valence-electron chi connectivity index (χ3n) is 3.60. The van der Waals surface area contributed by atoms with Crippen molar-refractivity contribution in [3.8, 4) is 0 Å². The Labute approximate surface area is 111 Å². The van der Waals surface area contributed by atoms with Gasteiger partial charge in [0.15, 0.2) is 0 Å². The van der Waals surface area contributed by atoms with Crippen LogP contribution in [0.15, 0.2) is 0 Å². The second-order valence-corrected chi connectivity index (χ2v) is 4.99. The van der Waals surface area contributed by atoms with Crippen LogP contribution in [0.4, 0.5) is 22.0 Å². The summed E-state index contributed by atoms with van der Waals surface area (Å²) >= 11 is 0. The summed E-state index contributed by atoms with van der Waals surface area (Å²) in [6.45, 7) is -0.578. The number of Topliss-reactive ketones (excluding diaryl/α,β-unsaturated/α-hetero) is 1. The minimum Gasteiger partial charge on any atom is -0.288 e. The predicted molar refractivity (Wildman–Crippen MR) is 56.6 cm³/mol. The first-order valence-electron chi connectivity index (χ1n) is 6.17. The Morgan fingerprint density at radius 1 is 1.05 bits per heavy atom. The van der Waals surface area contributed by atoms with Gasteiger partial charge in [-0.2, -0.15) is 13.2 Å². The molecule has 1 unspecified atom stereocenters. The molecule has 0 saturated carbocycles. The molecular weight excluding hydrogens is 287 g/mol. The highest BCUT2D eigenvalue weighted by Crippen LogP contribution is 2.34. The lowest BCUT2D eigenvalue weighted by atomic mass is 9.95. The fourth-order valence-electron chi connectivity index (χ4n) is 2.41. The minimum absolute atomic E-state index is 0.150. The third-order valence-corrected chi connectivity index (χ3v) is 3.60. The van der Waals surface area contributed by atoms with E-state index in [9.17, 15) is 31.5 Å². The zero-order valence-corrected chi connectivity index (χ0v) is 10.4. The van der Waals surface area contributed by atoms with E-state index in [1.807, 2.05) is 0 Å². The highest BCUT2D eigenvalue weighted by molar-refractivity contribution is 6.37. The summed E-state index contributed by atoms with van der Waals surface area (Å²) in [5.74, 6) is -7.88. The summed E-state index contributed by atoms with van der Waals surface area (Å²) in [6.07, 6.45) is -6.23. The van der Waals surface area contributed by atoms with Crippen LogP contribution in [0.3, 0.4) is 0 Å². The first kappa shape index (κ1) is 15.1. The number of piperidine rings is 2. The number of amides is 1. The van der Waals surface area contributed by atoms with Crippen LogP contribution < -0.4 is 0 Å². The van der Waals surface area contributed by atoms with Gasteiger partial charge < -0.3 is 0 Å². The SMILES string of the molecule is O=C1C(=O)N(N2CCC(F)(F)CC2)CCC1C(F)(F)F. The Morgan fingerprint density at radius 3 is 2.10 bits per heavy atom. The number of halogens is 5. The van der Waals surface area contributed by atoms with Crippen molar-refractivity contribution in [2.75, 3.05) is 19.6 Å².